The lowest BCUT2D eigenvalue weighted by molar-refractivity contribution is -0.383. The lowest BCUT2D eigenvalue weighted by atomic mass is 10.1. The van der Waals surface area contributed by atoms with Crippen molar-refractivity contribution < 1.29 is 4.92 Å². The second-order valence-corrected chi connectivity index (χ2v) is 6.36. The third-order valence-corrected chi connectivity index (χ3v) is 4.71. The van der Waals surface area contributed by atoms with E-state index in [9.17, 15) is 10.1 Å². The molecular formula is C11H17N5O2S. The van der Waals surface area contributed by atoms with Crippen LogP contribution >= 0.6 is 11.8 Å². The first kappa shape index (κ1) is 13.9. The standard InChI is InChI=1S/C11H17N5O2S/c1-11(4-3-5-19-11)6-13-10-8(16(17)18)9(12-2)14-7-15-10/h7H,3-6H2,1-2H3,(H2,12,13,14,15). The molecule has 104 valence electrons. The van der Waals surface area contributed by atoms with E-state index in [0.717, 1.165) is 12.2 Å². The summed E-state index contributed by atoms with van der Waals surface area (Å²) in [6.07, 6.45) is 3.63. The number of hydrogen-bond donors (Lipinski definition) is 2. The number of nitrogens with one attached hydrogen (secondary N) is 2. The van der Waals surface area contributed by atoms with Gasteiger partial charge in [-0.1, -0.05) is 0 Å². The van der Waals surface area contributed by atoms with E-state index in [-0.39, 0.29) is 22.1 Å². The minimum atomic E-state index is -0.460. The second kappa shape index (κ2) is 5.60. The van der Waals surface area contributed by atoms with Crippen LogP contribution in [0.5, 0.6) is 0 Å². The predicted octanol–water partition coefficient (Wildman–Crippen LogP) is 2.12. The zero-order valence-corrected chi connectivity index (χ0v) is 11.8. The van der Waals surface area contributed by atoms with Crippen molar-refractivity contribution in [1.82, 2.24) is 9.97 Å². The van der Waals surface area contributed by atoms with Crippen LogP contribution in [0.1, 0.15) is 19.8 Å². The molecule has 2 N–H and O–H groups in total. The van der Waals surface area contributed by atoms with E-state index >= 15 is 0 Å². The van der Waals surface area contributed by atoms with Gasteiger partial charge in [-0.3, -0.25) is 10.1 Å². The van der Waals surface area contributed by atoms with Crippen molar-refractivity contribution in [2.75, 3.05) is 30.0 Å². The molecule has 1 aliphatic rings. The highest BCUT2D eigenvalue weighted by atomic mass is 32.2. The van der Waals surface area contributed by atoms with Gasteiger partial charge in [0.15, 0.2) is 0 Å². The molecule has 0 amide bonds. The lowest BCUT2D eigenvalue weighted by Crippen LogP contribution is -2.27. The quantitative estimate of drug-likeness (QED) is 0.631. The Balaban J connectivity index is 2.17. The van der Waals surface area contributed by atoms with Crippen LogP contribution < -0.4 is 10.6 Å². The average molecular weight is 283 g/mol. The first-order valence-electron chi connectivity index (χ1n) is 6.11. The van der Waals surface area contributed by atoms with Crippen molar-refractivity contribution in [1.29, 1.82) is 0 Å². The van der Waals surface area contributed by atoms with Gasteiger partial charge in [0.1, 0.15) is 6.33 Å². The molecule has 1 aromatic rings. The van der Waals surface area contributed by atoms with Crippen LogP contribution in [-0.4, -0.2) is 39.0 Å². The van der Waals surface area contributed by atoms with E-state index in [2.05, 4.69) is 27.5 Å². The van der Waals surface area contributed by atoms with Crippen molar-refractivity contribution in [2.45, 2.75) is 24.5 Å². The summed E-state index contributed by atoms with van der Waals surface area (Å²) in [5, 5.41) is 16.9. The molecule has 0 spiro atoms. The maximum Gasteiger partial charge on any atom is 0.353 e. The summed E-state index contributed by atoms with van der Waals surface area (Å²) in [5.41, 5.74) is -0.100. The van der Waals surface area contributed by atoms with Gasteiger partial charge >= 0.3 is 5.69 Å². The van der Waals surface area contributed by atoms with Crippen molar-refractivity contribution in [3.63, 3.8) is 0 Å². The number of nitrogens with zero attached hydrogens (tertiary/aromatic N) is 3. The Morgan fingerprint density at radius 3 is 2.84 bits per heavy atom. The fourth-order valence-electron chi connectivity index (χ4n) is 2.11. The van der Waals surface area contributed by atoms with Crippen LogP contribution in [0.15, 0.2) is 6.33 Å². The zero-order valence-electron chi connectivity index (χ0n) is 11.0. The summed E-state index contributed by atoms with van der Waals surface area (Å²) < 4.78 is 0.124. The highest BCUT2D eigenvalue weighted by Gasteiger charge is 2.31. The van der Waals surface area contributed by atoms with Gasteiger partial charge in [0.05, 0.1) is 4.92 Å². The number of aromatic nitrogens is 2. The van der Waals surface area contributed by atoms with Crippen molar-refractivity contribution in [3.05, 3.63) is 16.4 Å². The van der Waals surface area contributed by atoms with Gasteiger partial charge in [-0.2, -0.15) is 11.8 Å². The van der Waals surface area contributed by atoms with Crippen molar-refractivity contribution >= 4 is 29.1 Å². The zero-order chi connectivity index (χ0) is 13.9. The molecule has 0 aliphatic carbocycles. The van der Waals surface area contributed by atoms with Crippen LogP contribution in [0.2, 0.25) is 0 Å². The molecule has 1 aromatic heterocycles. The molecule has 0 bridgehead atoms. The summed E-state index contributed by atoms with van der Waals surface area (Å²) >= 11 is 1.90. The topological polar surface area (TPSA) is 93.0 Å². The van der Waals surface area contributed by atoms with Crippen LogP contribution in [0.4, 0.5) is 17.3 Å². The van der Waals surface area contributed by atoms with Gasteiger partial charge in [-0.25, -0.2) is 9.97 Å². The van der Waals surface area contributed by atoms with Gasteiger partial charge in [0.25, 0.3) is 0 Å². The van der Waals surface area contributed by atoms with Gasteiger partial charge in [0.2, 0.25) is 11.6 Å². The summed E-state index contributed by atoms with van der Waals surface area (Å²) in [6.45, 7) is 2.84. The van der Waals surface area contributed by atoms with Crippen molar-refractivity contribution in [2.24, 2.45) is 0 Å². The largest absolute Gasteiger partial charge is 0.367 e. The molecule has 1 atom stereocenters. The number of anilines is 2. The molecule has 8 heteroatoms. The number of thioether (sulfide) groups is 1. The Hall–Kier alpha value is -1.57. The Labute approximate surface area is 115 Å². The molecule has 1 fully saturated rings. The minimum Gasteiger partial charge on any atom is -0.367 e. The highest BCUT2D eigenvalue weighted by Crippen LogP contribution is 2.38. The van der Waals surface area contributed by atoms with Gasteiger partial charge in [-0.05, 0) is 25.5 Å². The molecule has 2 heterocycles. The van der Waals surface area contributed by atoms with Crippen molar-refractivity contribution in [3.8, 4) is 0 Å². The highest BCUT2D eigenvalue weighted by molar-refractivity contribution is 8.00. The Morgan fingerprint density at radius 2 is 2.26 bits per heavy atom. The summed E-state index contributed by atoms with van der Waals surface area (Å²) in [6, 6.07) is 0. The molecule has 1 saturated heterocycles. The van der Waals surface area contributed by atoms with E-state index in [4.69, 9.17) is 0 Å². The molecule has 0 radical (unpaired) electrons. The van der Waals surface area contributed by atoms with E-state index in [0.29, 0.717) is 6.54 Å². The average Bonchev–Trinajstić information content (AvgIpc) is 2.83. The number of rotatable bonds is 5. The fraction of sp³-hybridized carbons (Fsp3) is 0.636. The van der Waals surface area contributed by atoms with Gasteiger partial charge in [-0.15, -0.1) is 0 Å². The number of nitro groups is 1. The molecule has 2 rings (SSSR count). The molecule has 0 aromatic carbocycles. The molecule has 1 aliphatic heterocycles. The Kier molecular flexibility index (Phi) is 4.08. The van der Waals surface area contributed by atoms with E-state index in [1.807, 2.05) is 11.8 Å². The summed E-state index contributed by atoms with van der Waals surface area (Å²) in [5.74, 6) is 1.65. The second-order valence-electron chi connectivity index (χ2n) is 4.68. The third kappa shape index (κ3) is 3.06. The Bertz CT molecular complexity index is 476. The summed E-state index contributed by atoms with van der Waals surface area (Å²) in [4.78, 5) is 18.5. The normalized spacial score (nSPS) is 22.2. The Morgan fingerprint density at radius 1 is 1.53 bits per heavy atom. The van der Waals surface area contributed by atoms with Gasteiger partial charge < -0.3 is 10.6 Å². The summed E-state index contributed by atoms with van der Waals surface area (Å²) in [7, 11) is 1.60. The SMILES string of the molecule is CNc1ncnc(NCC2(C)CCCS2)c1[N+](=O)[O-]. The third-order valence-electron chi connectivity index (χ3n) is 3.17. The minimum absolute atomic E-state index is 0.100. The molecule has 0 saturated carbocycles. The lowest BCUT2D eigenvalue weighted by Gasteiger charge is -2.23. The predicted molar refractivity (Wildman–Crippen MR) is 76.8 cm³/mol. The molecule has 7 nitrogen and oxygen atoms in total. The monoisotopic (exact) mass is 283 g/mol. The number of hydrogen-bond acceptors (Lipinski definition) is 7. The maximum absolute atomic E-state index is 11.1. The molecular weight excluding hydrogens is 266 g/mol. The van der Waals surface area contributed by atoms with E-state index in [1.54, 1.807) is 7.05 Å². The van der Waals surface area contributed by atoms with Crippen LogP contribution in [0.3, 0.4) is 0 Å². The van der Waals surface area contributed by atoms with E-state index < -0.39 is 4.92 Å². The van der Waals surface area contributed by atoms with Crippen LogP contribution in [0.25, 0.3) is 0 Å². The molecule has 1 unspecified atom stereocenters. The van der Waals surface area contributed by atoms with Gasteiger partial charge in [0, 0.05) is 18.3 Å². The smallest absolute Gasteiger partial charge is 0.353 e. The maximum atomic E-state index is 11.1. The first-order valence-corrected chi connectivity index (χ1v) is 7.09. The van der Waals surface area contributed by atoms with E-state index in [1.165, 1.54) is 12.7 Å². The first-order chi connectivity index (χ1) is 9.06. The fourth-order valence-corrected chi connectivity index (χ4v) is 3.36. The molecule has 19 heavy (non-hydrogen) atoms. The van der Waals surface area contributed by atoms with Crippen LogP contribution in [0, 0.1) is 10.1 Å². The van der Waals surface area contributed by atoms with Crippen LogP contribution in [-0.2, 0) is 0 Å².